The predicted molar refractivity (Wildman–Crippen MR) is 129 cm³/mol. The molecule has 0 bridgehead atoms. The van der Waals surface area contributed by atoms with Crippen molar-refractivity contribution in [2.75, 3.05) is 0 Å². The van der Waals surface area contributed by atoms with Gasteiger partial charge >= 0.3 is 0 Å². The molecule has 0 atom stereocenters. The van der Waals surface area contributed by atoms with Gasteiger partial charge in [0, 0.05) is 0 Å². The van der Waals surface area contributed by atoms with Crippen molar-refractivity contribution >= 4 is 0 Å². The molecule has 0 aliphatic carbocycles. The van der Waals surface area contributed by atoms with Crippen LogP contribution >= 0.6 is 0 Å². The van der Waals surface area contributed by atoms with Crippen molar-refractivity contribution in [1.82, 2.24) is 0 Å². The van der Waals surface area contributed by atoms with E-state index < -0.39 is 5.66 Å². The Bertz CT molecular complexity index is 288. The third-order valence-corrected chi connectivity index (χ3v) is 6.21. The monoisotopic (exact) mass is 396 g/mol. The van der Waals surface area contributed by atoms with Crippen LogP contribution in [0.25, 0.3) is 0 Å². The van der Waals surface area contributed by atoms with E-state index in [1.807, 2.05) is 0 Å². The molecule has 0 saturated carbocycles. The number of nitrogens with two attached hydrogens (primary N) is 2. The maximum atomic E-state index is 6.09. The van der Waals surface area contributed by atoms with Gasteiger partial charge in [-0.3, -0.25) is 0 Å². The van der Waals surface area contributed by atoms with Crippen molar-refractivity contribution in [1.29, 1.82) is 0 Å². The molecule has 0 radical (unpaired) electrons. The first kappa shape index (κ1) is 27.9. The van der Waals surface area contributed by atoms with E-state index in [9.17, 15) is 0 Å². The third-order valence-electron chi connectivity index (χ3n) is 6.21. The molecule has 0 rings (SSSR count). The molecule has 0 aromatic carbocycles. The van der Waals surface area contributed by atoms with Crippen LogP contribution in [0.5, 0.6) is 0 Å². The molecule has 0 amide bonds. The zero-order chi connectivity index (χ0) is 20.8. The summed E-state index contributed by atoms with van der Waals surface area (Å²) in [4.78, 5) is 0. The van der Waals surface area contributed by atoms with Gasteiger partial charge in [0.15, 0.2) is 0 Å². The molecule has 0 saturated heterocycles. The van der Waals surface area contributed by atoms with E-state index in [4.69, 9.17) is 11.5 Å². The van der Waals surface area contributed by atoms with E-state index in [0.717, 1.165) is 19.3 Å². The van der Waals surface area contributed by atoms with Crippen molar-refractivity contribution in [2.45, 2.75) is 167 Å². The van der Waals surface area contributed by atoms with Crippen LogP contribution in [0.1, 0.15) is 162 Å². The summed E-state index contributed by atoms with van der Waals surface area (Å²) in [5.41, 5.74) is 11.8. The van der Waals surface area contributed by atoms with Gasteiger partial charge in [-0.15, -0.1) is 0 Å². The summed E-state index contributed by atoms with van der Waals surface area (Å²) in [6, 6.07) is 0. The number of hydrogen-bond acceptors (Lipinski definition) is 2. The van der Waals surface area contributed by atoms with Crippen LogP contribution in [0.4, 0.5) is 0 Å². The van der Waals surface area contributed by atoms with Crippen LogP contribution in [0.3, 0.4) is 0 Å². The Morgan fingerprint density at radius 1 is 0.357 bits per heavy atom. The quantitative estimate of drug-likeness (QED) is 0.134. The number of hydrogen-bond donors (Lipinski definition) is 2. The van der Waals surface area contributed by atoms with Gasteiger partial charge in [0.05, 0.1) is 5.66 Å². The SMILES string of the molecule is CCCCCCCCCCCCCCCCCCCCCCC(N)(N)CCC. The van der Waals surface area contributed by atoms with Crippen LogP contribution in [0.2, 0.25) is 0 Å². The van der Waals surface area contributed by atoms with Gasteiger partial charge in [-0.2, -0.15) is 0 Å². The molecule has 0 spiro atoms. The topological polar surface area (TPSA) is 52.0 Å². The molecule has 2 nitrogen and oxygen atoms in total. The summed E-state index contributed by atoms with van der Waals surface area (Å²) in [7, 11) is 0. The van der Waals surface area contributed by atoms with Crippen molar-refractivity contribution in [3.63, 3.8) is 0 Å². The molecule has 0 fully saturated rings. The van der Waals surface area contributed by atoms with Gasteiger partial charge in [0.1, 0.15) is 0 Å². The van der Waals surface area contributed by atoms with Crippen molar-refractivity contribution in [3.8, 4) is 0 Å². The normalized spacial score (nSPS) is 12.0. The van der Waals surface area contributed by atoms with Crippen molar-refractivity contribution < 1.29 is 0 Å². The maximum absolute atomic E-state index is 6.09. The molecule has 0 aromatic heterocycles. The van der Waals surface area contributed by atoms with Gasteiger partial charge < -0.3 is 11.5 Å². The van der Waals surface area contributed by atoms with Crippen LogP contribution in [-0.2, 0) is 0 Å². The Balaban J connectivity index is 3.09. The highest BCUT2D eigenvalue weighted by molar-refractivity contribution is 4.75. The van der Waals surface area contributed by atoms with Crippen LogP contribution in [-0.4, -0.2) is 5.66 Å². The highest BCUT2D eigenvalue weighted by Gasteiger charge is 2.16. The second kappa shape index (κ2) is 21.6. The molecule has 0 aliphatic heterocycles. The minimum atomic E-state index is -0.414. The molecule has 170 valence electrons. The van der Waals surface area contributed by atoms with E-state index in [1.54, 1.807) is 0 Å². The number of rotatable bonds is 23. The molecule has 28 heavy (non-hydrogen) atoms. The Kier molecular flexibility index (Phi) is 21.6. The summed E-state index contributed by atoms with van der Waals surface area (Å²) in [5, 5.41) is 0. The summed E-state index contributed by atoms with van der Waals surface area (Å²) in [6.45, 7) is 4.45. The average molecular weight is 397 g/mol. The summed E-state index contributed by atoms with van der Waals surface area (Å²) < 4.78 is 0. The Labute approximate surface area is 179 Å². The van der Waals surface area contributed by atoms with E-state index in [2.05, 4.69) is 13.8 Å². The van der Waals surface area contributed by atoms with Gasteiger partial charge in [0.25, 0.3) is 0 Å². The minimum absolute atomic E-state index is 0.414. The highest BCUT2D eigenvalue weighted by atomic mass is 14.9. The highest BCUT2D eigenvalue weighted by Crippen LogP contribution is 2.16. The smallest absolute Gasteiger partial charge is 0.0636 e. The lowest BCUT2D eigenvalue weighted by Gasteiger charge is -2.23. The summed E-state index contributed by atoms with van der Waals surface area (Å²) in [5.74, 6) is 0. The first-order valence-electron chi connectivity index (χ1n) is 13.2. The van der Waals surface area contributed by atoms with Gasteiger partial charge in [-0.05, 0) is 12.8 Å². The lowest BCUT2D eigenvalue weighted by molar-refractivity contribution is 0.357. The zero-order valence-corrected chi connectivity index (χ0v) is 19.9. The molecular formula is C26H56N2. The molecule has 2 heteroatoms. The van der Waals surface area contributed by atoms with Crippen molar-refractivity contribution in [3.05, 3.63) is 0 Å². The minimum Gasteiger partial charge on any atom is -0.313 e. The first-order valence-corrected chi connectivity index (χ1v) is 13.2. The summed E-state index contributed by atoms with van der Waals surface area (Å²) >= 11 is 0. The van der Waals surface area contributed by atoms with Crippen LogP contribution in [0.15, 0.2) is 0 Å². The molecule has 4 N–H and O–H groups in total. The number of unbranched alkanes of at least 4 members (excludes halogenated alkanes) is 19. The fraction of sp³-hybridized carbons (Fsp3) is 1.00. The Morgan fingerprint density at radius 2 is 0.643 bits per heavy atom. The fourth-order valence-corrected chi connectivity index (χ4v) is 4.30. The van der Waals surface area contributed by atoms with Gasteiger partial charge in [-0.25, -0.2) is 0 Å². The average Bonchev–Trinajstić information content (AvgIpc) is 2.66. The Morgan fingerprint density at radius 3 is 0.929 bits per heavy atom. The second-order valence-electron chi connectivity index (χ2n) is 9.45. The molecular weight excluding hydrogens is 340 g/mol. The van der Waals surface area contributed by atoms with E-state index in [0.29, 0.717) is 0 Å². The van der Waals surface area contributed by atoms with Crippen LogP contribution in [0, 0.1) is 0 Å². The first-order chi connectivity index (χ1) is 13.6. The van der Waals surface area contributed by atoms with E-state index in [1.165, 1.54) is 128 Å². The molecule has 0 unspecified atom stereocenters. The van der Waals surface area contributed by atoms with E-state index in [-0.39, 0.29) is 0 Å². The standard InChI is InChI=1S/C26H56N2/c1-3-5-6-7-8-9-10-11-12-13-14-15-16-17-18-19-20-21-22-23-25-26(27,28)24-4-2/h3-25,27-28H2,1-2H3. The lowest BCUT2D eigenvalue weighted by atomic mass is 9.97. The Hall–Kier alpha value is -0.0800. The molecule has 0 aliphatic rings. The largest absolute Gasteiger partial charge is 0.313 e. The third kappa shape index (κ3) is 22.2. The van der Waals surface area contributed by atoms with Gasteiger partial charge in [-0.1, -0.05) is 149 Å². The van der Waals surface area contributed by atoms with Gasteiger partial charge in [0.2, 0.25) is 0 Å². The molecule has 0 heterocycles. The maximum Gasteiger partial charge on any atom is 0.0636 e. The fourth-order valence-electron chi connectivity index (χ4n) is 4.30. The lowest BCUT2D eigenvalue weighted by Crippen LogP contribution is -2.48. The van der Waals surface area contributed by atoms with E-state index >= 15 is 0 Å². The summed E-state index contributed by atoms with van der Waals surface area (Å²) in [6.07, 6.45) is 31.5. The zero-order valence-electron chi connectivity index (χ0n) is 19.9. The van der Waals surface area contributed by atoms with Crippen LogP contribution < -0.4 is 11.5 Å². The predicted octanol–water partition coefficient (Wildman–Crippen LogP) is 8.61. The molecule has 0 aromatic rings. The second-order valence-corrected chi connectivity index (χ2v) is 9.45. The van der Waals surface area contributed by atoms with Crippen molar-refractivity contribution in [2.24, 2.45) is 11.5 Å².